The van der Waals surface area contributed by atoms with Gasteiger partial charge in [0.2, 0.25) is 5.75 Å². The van der Waals surface area contributed by atoms with Crippen LogP contribution in [-0.2, 0) is 9.53 Å². The second kappa shape index (κ2) is 6.13. The molecule has 0 spiro atoms. The number of rotatable bonds is 4. The van der Waals surface area contributed by atoms with E-state index in [9.17, 15) is 4.79 Å². The number of halogens is 1. The number of ether oxygens (including phenoxy) is 4. The summed E-state index contributed by atoms with van der Waals surface area (Å²) in [6, 6.07) is 1.82. The van der Waals surface area contributed by atoms with Gasteiger partial charge in [0, 0.05) is 11.5 Å². The van der Waals surface area contributed by atoms with Crippen molar-refractivity contribution in [2.24, 2.45) is 11.8 Å². The van der Waals surface area contributed by atoms with Crippen LogP contribution >= 0.6 is 15.9 Å². The molecule has 0 aromatic heterocycles. The Morgan fingerprint density at radius 3 is 2.14 bits per heavy atom. The summed E-state index contributed by atoms with van der Waals surface area (Å²) in [7, 11) is 4.66. The molecule has 5 nitrogen and oxygen atoms in total. The van der Waals surface area contributed by atoms with Crippen molar-refractivity contribution in [1.29, 1.82) is 0 Å². The lowest BCUT2D eigenvalue weighted by Crippen LogP contribution is -2.11. The predicted molar refractivity (Wildman–Crippen MR) is 81.0 cm³/mol. The van der Waals surface area contributed by atoms with Crippen LogP contribution < -0.4 is 14.2 Å². The van der Waals surface area contributed by atoms with Crippen LogP contribution in [0.2, 0.25) is 0 Å². The summed E-state index contributed by atoms with van der Waals surface area (Å²) in [5, 5.41) is 0. The summed E-state index contributed by atoms with van der Waals surface area (Å²) in [6.07, 6.45) is -0.337. The van der Waals surface area contributed by atoms with Gasteiger partial charge in [-0.05, 0) is 22.0 Å². The van der Waals surface area contributed by atoms with E-state index < -0.39 is 0 Å². The van der Waals surface area contributed by atoms with E-state index in [-0.39, 0.29) is 23.9 Å². The Kier molecular flexibility index (Phi) is 4.66. The molecule has 1 heterocycles. The summed E-state index contributed by atoms with van der Waals surface area (Å²) in [5.41, 5.74) is 0.815. The van der Waals surface area contributed by atoms with Crippen LogP contribution in [0.1, 0.15) is 25.5 Å². The molecule has 1 saturated heterocycles. The van der Waals surface area contributed by atoms with Crippen molar-refractivity contribution >= 4 is 21.9 Å². The van der Waals surface area contributed by atoms with Gasteiger partial charge in [-0.1, -0.05) is 13.8 Å². The molecule has 0 bridgehead atoms. The smallest absolute Gasteiger partial charge is 0.309 e. The van der Waals surface area contributed by atoms with Gasteiger partial charge >= 0.3 is 5.97 Å². The van der Waals surface area contributed by atoms with Gasteiger partial charge in [-0.3, -0.25) is 4.79 Å². The van der Waals surface area contributed by atoms with Crippen molar-refractivity contribution in [1.82, 2.24) is 0 Å². The van der Waals surface area contributed by atoms with Crippen LogP contribution in [0, 0.1) is 11.8 Å². The Balaban J connectivity index is 2.57. The highest BCUT2D eigenvalue weighted by Gasteiger charge is 2.41. The minimum absolute atomic E-state index is 0.0663. The highest BCUT2D eigenvalue weighted by atomic mass is 79.9. The Bertz CT molecular complexity index is 557. The van der Waals surface area contributed by atoms with Crippen molar-refractivity contribution in [3.8, 4) is 17.2 Å². The third kappa shape index (κ3) is 2.57. The highest BCUT2D eigenvalue weighted by molar-refractivity contribution is 9.10. The zero-order valence-corrected chi connectivity index (χ0v) is 14.3. The first-order chi connectivity index (χ1) is 9.96. The molecule has 116 valence electrons. The standard InChI is InChI=1S/C15H19BrO5/c1-7-8(2)15(17)21-12(7)9-6-10(18-3)13(19-4)14(20-5)11(9)16/h6-8,12H,1-5H3/t7-,8-,12-/m1/s1. The van der Waals surface area contributed by atoms with E-state index in [2.05, 4.69) is 15.9 Å². The largest absolute Gasteiger partial charge is 0.493 e. The molecule has 1 aliphatic heterocycles. The fraction of sp³-hybridized carbons (Fsp3) is 0.533. The van der Waals surface area contributed by atoms with Crippen molar-refractivity contribution in [3.63, 3.8) is 0 Å². The van der Waals surface area contributed by atoms with E-state index in [0.29, 0.717) is 21.7 Å². The van der Waals surface area contributed by atoms with Crippen molar-refractivity contribution in [2.75, 3.05) is 21.3 Å². The summed E-state index contributed by atoms with van der Waals surface area (Å²) in [6.45, 7) is 3.87. The zero-order valence-electron chi connectivity index (χ0n) is 12.7. The summed E-state index contributed by atoms with van der Waals surface area (Å²) in [5.74, 6) is 1.30. The Morgan fingerprint density at radius 1 is 1.10 bits per heavy atom. The Morgan fingerprint density at radius 2 is 1.71 bits per heavy atom. The molecule has 2 rings (SSSR count). The molecule has 0 N–H and O–H groups in total. The molecule has 3 atom stereocenters. The monoisotopic (exact) mass is 358 g/mol. The molecule has 6 heteroatoms. The molecule has 1 aromatic carbocycles. The quantitative estimate of drug-likeness (QED) is 0.772. The van der Waals surface area contributed by atoms with Crippen LogP contribution in [-0.4, -0.2) is 27.3 Å². The van der Waals surface area contributed by atoms with E-state index in [4.69, 9.17) is 18.9 Å². The molecule has 1 aliphatic rings. The fourth-order valence-corrected chi connectivity index (χ4v) is 3.19. The molecule has 0 aliphatic carbocycles. The van der Waals surface area contributed by atoms with Crippen molar-refractivity contribution in [2.45, 2.75) is 20.0 Å². The third-order valence-corrected chi connectivity index (χ3v) is 4.80. The number of cyclic esters (lactones) is 1. The minimum atomic E-state index is -0.337. The molecular weight excluding hydrogens is 340 g/mol. The van der Waals surface area contributed by atoms with Gasteiger partial charge in [0.05, 0.1) is 31.7 Å². The van der Waals surface area contributed by atoms with Crippen LogP contribution in [0.25, 0.3) is 0 Å². The van der Waals surface area contributed by atoms with Gasteiger partial charge in [-0.2, -0.15) is 0 Å². The highest BCUT2D eigenvalue weighted by Crippen LogP contribution is 2.50. The topological polar surface area (TPSA) is 54.0 Å². The van der Waals surface area contributed by atoms with Crippen molar-refractivity contribution < 1.29 is 23.7 Å². The number of benzene rings is 1. The van der Waals surface area contributed by atoms with Gasteiger partial charge in [0.25, 0.3) is 0 Å². The SMILES string of the molecule is COc1cc([C@@H]2OC(=O)[C@H](C)[C@H]2C)c(Br)c(OC)c1OC. The number of hydrogen-bond acceptors (Lipinski definition) is 5. The van der Waals surface area contributed by atoms with Gasteiger partial charge in [0.1, 0.15) is 6.10 Å². The van der Waals surface area contributed by atoms with E-state index in [0.717, 1.165) is 5.56 Å². The molecule has 0 saturated carbocycles. The number of carbonyl (C=O) groups is 1. The first-order valence-electron chi connectivity index (χ1n) is 6.65. The van der Waals surface area contributed by atoms with Crippen LogP contribution in [0.3, 0.4) is 0 Å². The van der Waals surface area contributed by atoms with Crippen molar-refractivity contribution in [3.05, 3.63) is 16.1 Å². The molecule has 0 radical (unpaired) electrons. The van der Waals surface area contributed by atoms with Gasteiger partial charge in [-0.15, -0.1) is 0 Å². The maximum Gasteiger partial charge on any atom is 0.309 e. The van der Waals surface area contributed by atoms with E-state index >= 15 is 0 Å². The lowest BCUT2D eigenvalue weighted by atomic mass is 9.90. The lowest BCUT2D eigenvalue weighted by Gasteiger charge is -2.21. The Hall–Kier alpha value is -1.43. The number of esters is 1. The molecule has 0 unspecified atom stereocenters. The van der Waals surface area contributed by atoms with Crippen LogP contribution in [0.4, 0.5) is 0 Å². The fourth-order valence-electron chi connectivity index (χ4n) is 2.51. The Labute approximate surface area is 132 Å². The average molecular weight is 359 g/mol. The normalized spacial score (nSPS) is 24.7. The first kappa shape index (κ1) is 15.9. The molecule has 21 heavy (non-hydrogen) atoms. The molecular formula is C15H19BrO5. The molecule has 1 aromatic rings. The van der Waals surface area contributed by atoms with Gasteiger partial charge < -0.3 is 18.9 Å². The summed E-state index contributed by atoms with van der Waals surface area (Å²) < 4.78 is 22.3. The summed E-state index contributed by atoms with van der Waals surface area (Å²) in [4.78, 5) is 11.8. The second-order valence-corrected chi connectivity index (χ2v) is 5.85. The van der Waals surface area contributed by atoms with Crippen LogP contribution in [0.5, 0.6) is 17.2 Å². The number of methoxy groups -OCH3 is 3. The summed E-state index contributed by atoms with van der Waals surface area (Å²) >= 11 is 3.52. The zero-order chi connectivity index (χ0) is 15.7. The number of hydrogen-bond donors (Lipinski definition) is 0. The molecule has 1 fully saturated rings. The van der Waals surface area contributed by atoms with E-state index in [1.54, 1.807) is 21.3 Å². The maximum absolute atomic E-state index is 11.8. The molecule has 0 amide bonds. The van der Waals surface area contributed by atoms with Crippen LogP contribution in [0.15, 0.2) is 10.5 Å². The lowest BCUT2D eigenvalue weighted by molar-refractivity contribution is -0.144. The van der Waals surface area contributed by atoms with Gasteiger partial charge in [0.15, 0.2) is 11.5 Å². The average Bonchev–Trinajstić information content (AvgIpc) is 2.74. The maximum atomic E-state index is 11.8. The van der Waals surface area contributed by atoms with Gasteiger partial charge in [-0.25, -0.2) is 0 Å². The minimum Gasteiger partial charge on any atom is -0.493 e. The van der Waals surface area contributed by atoms with E-state index in [1.807, 2.05) is 19.9 Å². The first-order valence-corrected chi connectivity index (χ1v) is 7.44. The predicted octanol–water partition coefficient (Wildman–Crippen LogP) is 3.35. The van der Waals surface area contributed by atoms with E-state index in [1.165, 1.54) is 0 Å². The number of carbonyl (C=O) groups excluding carboxylic acids is 1. The third-order valence-electron chi connectivity index (χ3n) is 3.99. The second-order valence-electron chi connectivity index (χ2n) is 5.05.